The van der Waals surface area contributed by atoms with Crippen LogP contribution in [0.2, 0.25) is 0 Å². The summed E-state index contributed by atoms with van der Waals surface area (Å²) in [4.78, 5) is 15.8. The van der Waals surface area contributed by atoms with E-state index in [-0.39, 0.29) is 5.97 Å². The second kappa shape index (κ2) is 8.04. The number of esters is 1. The van der Waals surface area contributed by atoms with E-state index in [1.807, 2.05) is 0 Å². The van der Waals surface area contributed by atoms with Crippen LogP contribution in [0.5, 0.6) is 0 Å². The predicted molar refractivity (Wildman–Crippen MR) is 102 cm³/mol. The van der Waals surface area contributed by atoms with E-state index in [0.29, 0.717) is 12.5 Å². The van der Waals surface area contributed by atoms with Crippen LogP contribution in [0.15, 0.2) is 11.4 Å². The van der Waals surface area contributed by atoms with Gasteiger partial charge in [-0.3, -0.25) is 4.79 Å². The molecule has 2 aromatic rings. The van der Waals surface area contributed by atoms with Gasteiger partial charge in [-0.1, -0.05) is 6.42 Å². The molecule has 0 unspecified atom stereocenters. The zero-order chi connectivity index (χ0) is 17.8. The molecule has 0 radical (unpaired) electrons. The molecule has 0 bridgehead atoms. The standard InChI is InChI=1S/C19H27N3O2S/c1-13-11-16(14(2)22(13)15-8-9-15)17-12-25-19(21-17)20-10-6-4-5-7-18(23)24-3/h11-12,15H,4-10H2,1-3H3,(H,20,21). The Morgan fingerprint density at radius 2 is 2.16 bits per heavy atom. The molecule has 1 aliphatic carbocycles. The van der Waals surface area contributed by atoms with Crippen molar-refractivity contribution >= 4 is 22.4 Å². The van der Waals surface area contributed by atoms with Gasteiger partial charge in [0, 0.05) is 41.3 Å². The molecule has 0 aliphatic heterocycles. The van der Waals surface area contributed by atoms with Crippen molar-refractivity contribution in [1.29, 1.82) is 0 Å². The molecule has 0 saturated heterocycles. The molecule has 1 saturated carbocycles. The number of aryl methyl sites for hydroxylation is 1. The third-order valence-corrected chi connectivity index (χ3v) is 5.54. The average Bonchev–Trinajstić information content (AvgIpc) is 3.24. The molecule has 1 fully saturated rings. The van der Waals surface area contributed by atoms with Crippen LogP contribution in [-0.4, -0.2) is 29.2 Å². The monoisotopic (exact) mass is 361 g/mol. The summed E-state index contributed by atoms with van der Waals surface area (Å²) in [5.74, 6) is -0.124. The fraction of sp³-hybridized carbons (Fsp3) is 0.579. The maximum Gasteiger partial charge on any atom is 0.305 e. The number of hydrogen-bond donors (Lipinski definition) is 1. The van der Waals surface area contributed by atoms with Crippen molar-refractivity contribution in [3.63, 3.8) is 0 Å². The van der Waals surface area contributed by atoms with E-state index in [9.17, 15) is 4.79 Å². The normalized spacial score (nSPS) is 13.9. The molecule has 1 aliphatic rings. The second-order valence-electron chi connectivity index (χ2n) is 6.74. The number of ether oxygens (including phenoxy) is 1. The Hall–Kier alpha value is -1.82. The zero-order valence-corrected chi connectivity index (χ0v) is 16.1. The number of carbonyl (C=O) groups is 1. The lowest BCUT2D eigenvalue weighted by Crippen LogP contribution is -2.03. The Balaban J connectivity index is 1.50. The van der Waals surface area contributed by atoms with E-state index in [0.717, 1.165) is 36.6 Å². The summed E-state index contributed by atoms with van der Waals surface area (Å²) in [6, 6.07) is 2.97. The SMILES string of the molecule is COC(=O)CCCCCNc1nc(-c2cc(C)n(C3CC3)c2C)cs1. The molecule has 6 heteroatoms. The highest BCUT2D eigenvalue weighted by molar-refractivity contribution is 7.14. The third-order valence-electron chi connectivity index (χ3n) is 4.74. The number of anilines is 1. The van der Waals surface area contributed by atoms with Crippen LogP contribution in [0, 0.1) is 13.8 Å². The summed E-state index contributed by atoms with van der Waals surface area (Å²) in [6.07, 6.45) is 6.04. The molecule has 1 N–H and O–H groups in total. The number of methoxy groups -OCH3 is 1. The number of nitrogens with zero attached hydrogens (tertiary/aromatic N) is 2. The number of nitrogens with one attached hydrogen (secondary N) is 1. The van der Waals surface area contributed by atoms with Crippen LogP contribution in [0.25, 0.3) is 11.3 Å². The first kappa shape index (κ1) is 18.0. The highest BCUT2D eigenvalue weighted by Gasteiger charge is 2.27. The average molecular weight is 362 g/mol. The predicted octanol–water partition coefficient (Wildman–Crippen LogP) is 4.71. The van der Waals surface area contributed by atoms with Crippen LogP contribution in [0.3, 0.4) is 0 Å². The van der Waals surface area contributed by atoms with Gasteiger partial charge in [0.25, 0.3) is 0 Å². The van der Waals surface area contributed by atoms with Gasteiger partial charge in [-0.2, -0.15) is 0 Å². The number of aromatic nitrogens is 2. The van der Waals surface area contributed by atoms with Gasteiger partial charge in [-0.05, 0) is 45.6 Å². The molecule has 0 amide bonds. The topological polar surface area (TPSA) is 56.1 Å². The minimum absolute atomic E-state index is 0.124. The number of thiazole rings is 1. The van der Waals surface area contributed by atoms with Gasteiger partial charge in [0.1, 0.15) is 0 Å². The van der Waals surface area contributed by atoms with Crippen LogP contribution in [0.4, 0.5) is 5.13 Å². The van der Waals surface area contributed by atoms with E-state index in [4.69, 9.17) is 4.98 Å². The van der Waals surface area contributed by atoms with E-state index < -0.39 is 0 Å². The van der Waals surface area contributed by atoms with Gasteiger partial charge in [-0.15, -0.1) is 11.3 Å². The van der Waals surface area contributed by atoms with Crippen molar-refractivity contribution in [1.82, 2.24) is 9.55 Å². The van der Waals surface area contributed by atoms with Crippen molar-refractivity contribution in [2.75, 3.05) is 19.0 Å². The summed E-state index contributed by atoms with van der Waals surface area (Å²) in [7, 11) is 1.44. The van der Waals surface area contributed by atoms with Crippen LogP contribution in [-0.2, 0) is 9.53 Å². The number of unbranched alkanes of at least 4 members (excludes halogenated alkanes) is 2. The summed E-state index contributed by atoms with van der Waals surface area (Å²) in [6.45, 7) is 5.28. The summed E-state index contributed by atoms with van der Waals surface area (Å²) >= 11 is 1.66. The molecular formula is C19H27N3O2S. The maximum absolute atomic E-state index is 11.1. The number of hydrogen-bond acceptors (Lipinski definition) is 5. The smallest absolute Gasteiger partial charge is 0.305 e. The van der Waals surface area contributed by atoms with Crippen molar-refractivity contribution in [2.45, 2.75) is 58.4 Å². The van der Waals surface area contributed by atoms with E-state index in [2.05, 4.69) is 39.9 Å². The van der Waals surface area contributed by atoms with Crippen LogP contribution in [0.1, 0.15) is 56.0 Å². The molecule has 0 spiro atoms. The Labute approximate surface area is 153 Å². The third kappa shape index (κ3) is 4.42. The number of rotatable bonds is 9. The van der Waals surface area contributed by atoms with E-state index in [1.54, 1.807) is 11.3 Å². The Morgan fingerprint density at radius 1 is 1.36 bits per heavy atom. The van der Waals surface area contributed by atoms with Crippen molar-refractivity contribution < 1.29 is 9.53 Å². The fourth-order valence-electron chi connectivity index (χ4n) is 3.28. The minimum Gasteiger partial charge on any atom is -0.469 e. The van der Waals surface area contributed by atoms with Gasteiger partial charge in [0.05, 0.1) is 12.8 Å². The lowest BCUT2D eigenvalue weighted by molar-refractivity contribution is -0.140. The Morgan fingerprint density at radius 3 is 2.88 bits per heavy atom. The van der Waals surface area contributed by atoms with Crippen LogP contribution < -0.4 is 5.32 Å². The molecular weight excluding hydrogens is 334 g/mol. The van der Waals surface area contributed by atoms with Crippen molar-refractivity contribution in [3.8, 4) is 11.3 Å². The second-order valence-corrected chi connectivity index (χ2v) is 7.60. The highest BCUT2D eigenvalue weighted by atomic mass is 32.1. The quantitative estimate of drug-likeness (QED) is 0.519. The molecule has 0 atom stereocenters. The largest absolute Gasteiger partial charge is 0.469 e. The van der Waals surface area contributed by atoms with E-state index in [1.165, 1.54) is 36.9 Å². The first-order valence-corrected chi connectivity index (χ1v) is 9.93. The maximum atomic E-state index is 11.1. The molecule has 3 rings (SSSR count). The van der Waals surface area contributed by atoms with Crippen molar-refractivity contribution in [2.24, 2.45) is 0 Å². The van der Waals surface area contributed by atoms with Gasteiger partial charge in [0.2, 0.25) is 0 Å². The first-order chi connectivity index (χ1) is 12.1. The first-order valence-electron chi connectivity index (χ1n) is 9.05. The molecule has 2 heterocycles. The Bertz CT molecular complexity index is 731. The molecule has 0 aromatic carbocycles. The fourth-order valence-corrected chi connectivity index (χ4v) is 4.02. The lowest BCUT2D eigenvalue weighted by atomic mass is 10.2. The summed E-state index contributed by atoms with van der Waals surface area (Å²) in [5.41, 5.74) is 4.99. The van der Waals surface area contributed by atoms with Gasteiger partial charge >= 0.3 is 5.97 Å². The van der Waals surface area contributed by atoms with Gasteiger partial charge in [0.15, 0.2) is 5.13 Å². The molecule has 25 heavy (non-hydrogen) atoms. The van der Waals surface area contributed by atoms with Crippen LogP contribution >= 0.6 is 11.3 Å². The molecule has 136 valence electrons. The molecule has 5 nitrogen and oxygen atoms in total. The zero-order valence-electron chi connectivity index (χ0n) is 15.3. The molecule has 2 aromatic heterocycles. The lowest BCUT2D eigenvalue weighted by Gasteiger charge is -2.07. The van der Waals surface area contributed by atoms with Crippen molar-refractivity contribution in [3.05, 3.63) is 22.8 Å². The Kier molecular flexibility index (Phi) is 5.78. The van der Waals surface area contributed by atoms with Gasteiger partial charge in [-0.25, -0.2) is 4.98 Å². The summed E-state index contributed by atoms with van der Waals surface area (Å²) < 4.78 is 7.11. The minimum atomic E-state index is -0.124. The van der Waals surface area contributed by atoms with Gasteiger partial charge < -0.3 is 14.6 Å². The summed E-state index contributed by atoms with van der Waals surface area (Å²) in [5, 5.41) is 6.51. The highest BCUT2D eigenvalue weighted by Crippen LogP contribution is 2.40. The number of carbonyl (C=O) groups excluding carboxylic acids is 1. The van der Waals surface area contributed by atoms with E-state index >= 15 is 0 Å².